The van der Waals surface area contributed by atoms with Crippen molar-refractivity contribution in [3.05, 3.63) is 98.5 Å². The minimum absolute atomic E-state index is 0.00403. The van der Waals surface area contributed by atoms with Crippen molar-refractivity contribution in [1.29, 1.82) is 0 Å². The van der Waals surface area contributed by atoms with Crippen LogP contribution in [0.4, 0.5) is 5.69 Å². The van der Waals surface area contributed by atoms with E-state index in [0.29, 0.717) is 39.2 Å². The standard InChI is InChI=1S/C28H25Cl2NO4/c1-4-13-35-23-12-8-19(14-17(23)3)26(32)24-25(18-6-9-20(29)10-7-18)31(28(34)27(24)33)21-11-5-16(2)22(30)15-21/h5-12,14-15,25,32H,4,13H2,1-3H3/b26-24+. The largest absolute Gasteiger partial charge is 0.507 e. The van der Waals surface area contributed by atoms with Crippen molar-refractivity contribution in [1.82, 2.24) is 0 Å². The summed E-state index contributed by atoms with van der Waals surface area (Å²) in [5.74, 6) is -1.07. The number of rotatable bonds is 6. The van der Waals surface area contributed by atoms with E-state index in [1.807, 2.05) is 20.8 Å². The molecule has 1 saturated heterocycles. The third kappa shape index (κ3) is 4.79. The van der Waals surface area contributed by atoms with Crippen molar-refractivity contribution >= 4 is 46.3 Å². The van der Waals surface area contributed by atoms with Gasteiger partial charge >= 0.3 is 0 Å². The van der Waals surface area contributed by atoms with Gasteiger partial charge in [-0.1, -0.05) is 48.3 Å². The van der Waals surface area contributed by atoms with Crippen LogP contribution in [0.25, 0.3) is 5.76 Å². The van der Waals surface area contributed by atoms with E-state index in [1.165, 1.54) is 4.90 Å². The number of hydrogen-bond acceptors (Lipinski definition) is 4. The fraction of sp³-hybridized carbons (Fsp3) is 0.214. The van der Waals surface area contributed by atoms with Gasteiger partial charge < -0.3 is 9.84 Å². The second-order valence-corrected chi connectivity index (χ2v) is 9.33. The van der Waals surface area contributed by atoms with Gasteiger partial charge in [-0.25, -0.2) is 0 Å². The summed E-state index contributed by atoms with van der Waals surface area (Å²) in [5, 5.41) is 12.3. The number of nitrogens with zero attached hydrogens (tertiary/aromatic N) is 1. The van der Waals surface area contributed by atoms with Crippen LogP contribution in [0, 0.1) is 13.8 Å². The zero-order valence-electron chi connectivity index (χ0n) is 19.6. The Hall–Kier alpha value is -3.28. The van der Waals surface area contributed by atoms with Crippen molar-refractivity contribution in [2.45, 2.75) is 33.2 Å². The topological polar surface area (TPSA) is 66.8 Å². The third-order valence-corrected chi connectivity index (χ3v) is 6.63. The number of aryl methyl sites for hydroxylation is 2. The van der Waals surface area contributed by atoms with E-state index in [4.69, 9.17) is 27.9 Å². The van der Waals surface area contributed by atoms with Crippen LogP contribution < -0.4 is 9.64 Å². The molecule has 0 aliphatic carbocycles. The third-order valence-electron chi connectivity index (χ3n) is 5.97. The Morgan fingerprint density at radius 2 is 1.69 bits per heavy atom. The summed E-state index contributed by atoms with van der Waals surface area (Å²) < 4.78 is 5.73. The Kier molecular flexibility index (Phi) is 7.20. The summed E-state index contributed by atoms with van der Waals surface area (Å²) >= 11 is 12.4. The van der Waals surface area contributed by atoms with E-state index >= 15 is 0 Å². The molecule has 0 radical (unpaired) electrons. The minimum atomic E-state index is -0.859. The molecule has 1 unspecified atom stereocenters. The van der Waals surface area contributed by atoms with Crippen molar-refractivity contribution in [3.8, 4) is 5.75 Å². The lowest BCUT2D eigenvalue weighted by molar-refractivity contribution is -0.132. The van der Waals surface area contributed by atoms with Crippen LogP contribution in [0.2, 0.25) is 10.0 Å². The van der Waals surface area contributed by atoms with Crippen LogP contribution >= 0.6 is 23.2 Å². The number of ether oxygens (including phenoxy) is 1. The van der Waals surface area contributed by atoms with Crippen molar-refractivity contribution in [2.24, 2.45) is 0 Å². The highest BCUT2D eigenvalue weighted by molar-refractivity contribution is 6.51. The van der Waals surface area contributed by atoms with Gasteiger partial charge in [-0.15, -0.1) is 0 Å². The fourth-order valence-electron chi connectivity index (χ4n) is 4.12. The molecule has 0 spiro atoms. The molecule has 0 aromatic heterocycles. The maximum Gasteiger partial charge on any atom is 0.300 e. The molecule has 1 atom stereocenters. The molecule has 1 aliphatic heterocycles. The Bertz CT molecular complexity index is 1330. The second kappa shape index (κ2) is 10.1. The molecule has 180 valence electrons. The average Bonchev–Trinajstić information content (AvgIpc) is 3.10. The normalized spacial score (nSPS) is 17.2. The SMILES string of the molecule is CCCOc1ccc(/C(O)=C2\C(=O)C(=O)N(c3ccc(C)c(Cl)c3)C2c2ccc(Cl)cc2)cc1C. The van der Waals surface area contributed by atoms with Gasteiger partial charge in [0.1, 0.15) is 11.5 Å². The molecule has 1 heterocycles. The van der Waals surface area contributed by atoms with Crippen LogP contribution in [0.15, 0.2) is 66.2 Å². The molecule has 0 bridgehead atoms. The van der Waals surface area contributed by atoms with Gasteiger partial charge in [-0.2, -0.15) is 0 Å². The van der Waals surface area contributed by atoms with Gasteiger partial charge in [-0.3, -0.25) is 14.5 Å². The van der Waals surface area contributed by atoms with Gasteiger partial charge in [0.2, 0.25) is 0 Å². The van der Waals surface area contributed by atoms with Gasteiger partial charge in [0.15, 0.2) is 0 Å². The molecule has 3 aromatic rings. The Morgan fingerprint density at radius 3 is 2.31 bits per heavy atom. The maximum absolute atomic E-state index is 13.3. The average molecular weight is 510 g/mol. The molecule has 5 nitrogen and oxygen atoms in total. The van der Waals surface area contributed by atoms with Crippen molar-refractivity contribution < 1.29 is 19.4 Å². The number of carbonyl (C=O) groups is 2. The number of anilines is 1. The Morgan fingerprint density at radius 1 is 0.971 bits per heavy atom. The lowest BCUT2D eigenvalue weighted by Gasteiger charge is -2.26. The van der Waals surface area contributed by atoms with Gasteiger partial charge in [0, 0.05) is 21.3 Å². The first kappa shape index (κ1) is 24.8. The molecule has 1 amide bonds. The lowest BCUT2D eigenvalue weighted by atomic mass is 9.94. The molecule has 0 saturated carbocycles. The number of aliphatic hydroxyl groups excluding tert-OH is 1. The highest BCUT2D eigenvalue weighted by Crippen LogP contribution is 2.43. The smallest absolute Gasteiger partial charge is 0.300 e. The van der Waals surface area contributed by atoms with E-state index in [-0.39, 0.29) is 11.3 Å². The molecule has 3 aromatic carbocycles. The van der Waals surface area contributed by atoms with Crippen LogP contribution in [0.1, 0.15) is 41.6 Å². The number of amides is 1. The summed E-state index contributed by atoms with van der Waals surface area (Å²) in [5.41, 5.74) is 3.16. The van der Waals surface area contributed by atoms with Crippen LogP contribution in [0.3, 0.4) is 0 Å². The van der Waals surface area contributed by atoms with Crippen molar-refractivity contribution in [2.75, 3.05) is 11.5 Å². The highest BCUT2D eigenvalue weighted by Gasteiger charge is 2.47. The van der Waals surface area contributed by atoms with Gasteiger partial charge in [0.25, 0.3) is 11.7 Å². The molecule has 7 heteroatoms. The number of halogens is 2. The highest BCUT2D eigenvalue weighted by atomic mass is 35.5. The first-order valence-electron chi connectivity index (χ1n) is 11.3. The molecule has 1 aliphatic rings. The summed E-state index contributed by atoms with van der Waals surface area (Å²) in [7, 11) is 0. The van der Waals surface area contributed by atoms with Gasteiger partial charge in [-0.05, 0) is 79.4 Å². The summed E-state index contributed by atoms with van der Waals surface area (Å²) in [4.78, 5) is 28.0. The summed E-state index contributed by atoms with van der Waals surface area (Å²) in [6, 6.07) is 16.3. The van der Waals surface area contributed by atoms with Gasteiger partial charge in [0.05, 0.1) is 18.2 Å². The molecule has 35 heavy (non-hydrogen) atoms. The number of ketones is 1. The number of benzene rings is 3. The number of hydrogen-bond donors (Lipinski definition) is 1. The van der Waals surface area contributed by atoms with Crippen LogP contribution in [0.5, 0.6) is 5.75 Å². The quantitative estimate of drug-likeness (QED) is 0.220. The minimum Gasteiger partial charge on any atom is -0.507 e. The monoisotopic (exact) mass is 509 g/mol. The summed E-state index contributed by atoms with van der Waals surface area (Å²) in [6.45, 7) is 6.32. The van der Waals surface area contributed by atoms with Crippen LogP contribution in [-0.4, -0.2) is 23.4 Å². The molecule has 1 fully saturated rings. The zero-order valence-corrected chi connectivity index (χ0v) is 21.2. The van der Waals surface area contributed by atoms with E-state index in [1.54, 1.807) is 60.7 Å². The Balaban J connectivity index is 1.88. The van der Waals surface area contributed by atoms with E-state index in [0.717, 1.165) is 17.5 Å². The summed E-state index contributed by atoms with van der Waals surface area (Å²) in [6.07, 6.45) is 0.870. The maximum atomic E-state index is 13.3. The molecule has 4 rings (SSSR count). The second-order valence-electron chi connectivity index (χ2n) is 8.48. The number of Topliss-reactive ketones (excluding diaryl/α,β-unsaturated/α-hetero) is 1. The van der Waals surface area contributed by atoms with E-state index in [9.17, 15) is 14.7 Å². The first-order chi connectivity index (χ1) is 16.7. The molecular weight excluding hydrogens is 485 g/mol. The molecular formula is C28H25Cl2NO4. The Labute approximate surface area is 214 Å². The zero-order chi connectivity index (χ0) is 25.3. The molecule has 1 N–H and O–H groups in total. The predicted molar refractivity (Wildman–Crippen MR) is 139 cm³/mol. The number of carbonyl (C=O) groups excluding carboxylic acids is 2. The lowest BCUT2D eigenvalue weighted by Crippen LogP contribution is -2.29. The fourth-order valence-corrected chi connectivity index (χ4v) is 4.42. The number of aliphatic hydroxyl groups is 1. The predicted octanol–water partition coefficient (Wildman–Crippen LogP) is 7.03. The van der Waals surface area contributed by atoms with Crippen LogP contribution in [-0.2, 0) is 9.59 Å². The van der Waals surface area contributed by atoms with E-state index in [2.05, 4.69) is 0 Å². The van der Waals surface area contributed by atoms with E-state index < -0.39 is 17.7 Å². The first-order valence-corrected chi connectivity index (χ1v) is 12.0. The van der Waals surface area contributed by atoms with Crippen molar-refractivity contribution in [3.63, 3.8) is 0 Å².